The van der Waals surface area contributed by atoms with Crippen LogP contribution in [0.15, 0.2) is 41.8 Å². The highest BCUT2D eigenvalue weighted by Gasteiger charge is 2.19. The first-order valence-corrected chi connectivity index (χ1v) is 10.1. The number of hydrogen-bond acceptors (Lipinski definition) is 8. The Labute approximate surface area is 183 Å². The van der Waals surface area contributed by atoms with Crippen LogP contribution in [0.5, 0.6) is 17.2 Å². The summed E-state index contributed by atoms with van der Waals surface area (Å²) in [5, 5.41) is 5.23. The number of nitrogens with zero attached hydrogens (tertiary/aromatic N) is 1. The third kappa shape index (κ3) is 5.32. The van der Waals surface area contributed by atoms with Crippen molar-refractivity contribution in [1.82, 2.24) is 4.98 Å². The van der Waals surface area contributed by atoms with Crippen LogP contribution < -0.4 is 19.5 Å². The summed E-state index contributed by atoms with van der Waals surface area (Å²) in [4.78, 5) is 28.8. The molecule has 0 fully saturated rings. The van der Waals surface area contributed by atoms with Crippen molar-refractivity contribution >= 4 is 28.9 Å². The highest BCUT2D eigenvalue weighted by molar-refractivity contribution is 7.13. The molecule has 0 unspecified atom stereocenters. The number of amides is 1. The predicted molar refractivity (Wildman–Crippen MR) is 117 cm³/mol. The van der Waals surface area contributed by atoms with Crippen molar-refractivity contribution in [3.8, 4) is 27.8 Å². The summed E-state index contributed by atoms with van der Waals surface area (Å²) in [5.74, 6) is 0.506. The van der Waals surface area contributed by atoms with Gasteiger partial charge in [0.25, 0.3) is 0 Å². The molecule has 0 aliphatic heterocycles. The minimum Gasteiger partial charge on any atom is -0.497 e. The van der Waals surface area contributed by atoms with Gasteiger partial charge in [0.2, 0.25) is 5.91 Å². The van der Waals surface area contributed by atoms with Crippen molar-refractivity contribution in [1.29, 1.82) is 0 Å². The van der Waals surface area contributed by atoms with Gasteiger partial charge in [-0.05, 0) is 12.1 Å². The van der Waals surface area contributed by atoms with E-state index in [0.29, 0.717) is 17.2 Å². The molecule has 1 aromatic heterocycles. The molecule has 31 heavy (non-hydrogen) atoms. The number of thiazole rings is 1. The normalized spacial score (nSPS) is 10.3. The van der Waals surface area contributed by atoms with Crippen LogP contribution in [0.3, 0.4) is 0 Å². The van der Waals surface area contributed by atoms with Crippen LogP contribution in [-0.2, 0) is 16.1 Å². The van der Waals surface area contributed by atoms with Gasteiger partial charge in [-0.3, -0.25) is 4.79 Å². The summed E-state index contributed by atoms with van der Waals surface area (Å²) in [5.41, 5.74) is 1.94. The zero-order valence-corrected chi connectivity index (χ0v) is 18.4. The second-order valence-electron chi connectivity index (χ2n) is 6.39. The number of methoxy groups -OCH3 is 3. The Morgan fingerprint density at radius 2 is 1.77 bits per heavy atom. The van der Waals surface area contributed by atoms with Crippen molar-refractivity contribution in [2.24, 2.45) is 0 Å². The first-order valence-electron chi connectivity index (χ1n) is 9.24. The minimum atomic E-state index is -0.624. The van der Waals surface area contributed by atoms with Crippen molar-refractivity contribution in [2.75, 3.05) is 26.6 Å². The SMILES string of the molecule is COc1cccc(-c2nc(COC(=O)c3cc(OC)c(OC)cc3NC(C)=O)cs2)c1. The van der Waals surface area contributed by atoms with Crippen molar-refractivity contribution in [3.63, 3.8) is 0 Å². The Balaban J connectivity index is 1.77. The summed E-state index contributed by atoms with van der Waals surface area (Å²) >= 11 is 1.44. The number of carbonyl (C=O) groups is 2. The van der Waals surface area contributed by atoms with Gasteiger partial charge < -0.3 is 24.3 Å². The number of hydrogen-bond donors (Lipinski definition) is 1. The molecule has 0 saturated heterocycles. The monoisotopic (exact) mass is 442 g/mol. The van der Waals surface area contributed by atoms with E-state index >= 15 is 0 Å². The van der Waals surface area contributed by atoms with Crippen LogP contribution >= 0.6 is 11.3 Å². The molecule has 0 aliphatic rings. The van der Waals surface area contributed by atoms with E-state index in [4.69, 9.17) is 18.9 Å². The minimum absolute atomic E-state index is 0.0207. The van der Waals surface area contributed by atoms with E-state index in [0.717, 1.165) is 16.3 Å². The maximum atomic E-state index is 12.7. The number of benzene rings is 2. The summed E-state index contributed by atoms with van der Waals surface area (Å²) in [6, 6.07) is 10.5. The fourth-order valence-electron chi connectivity index (χ4n) is 2.82. The summed E-state index contributed by atoms with van der Waals surface area (Å²) in [6.07, 6.45) is 0. The zero-order valence-electron chi connectivity index (χ0n) is 17.6. The Bertz CT molecular complexity index is 1100. The van der Waals surface area contributed by atoms with E-state index < -0.39 is 5.97 Å². The second-order valence-corrected chi connectivity index (χ2v) is 7.24. The third-order valence-corrected chi connectivity index (χ3v) is 5.21. The quantitative estimate of drug-likeness (QED) is 0.524. The zero-order chi connectivity index (χ0) is 22.4. The Hall–Kier alpha value is -3.59. The lowest BCUT2D eigenvalue weighted by molar-refractivity contribution is -0.114. The van der Waals surface area contributed by atoms with Crippen LogP contribution in [0, 0.1) is 0 Å². The predicted octanol–water partition coefficient (Wildman–Crippen LogP) is 4.15. The van der Waals surface area contributed by atoms with Crippen LogP contribution in [0.25, 0.3) is 10.6 Å². The molecular formula is C22H22N2O6S. The van der Waals surface area contributed by atoms with Crippen molar-refractivity contribution in [2.45, 2.75) is 13.5 Å². The number of aromatic nitrogens is 1. The number of nitrogens with one attached hydrogen (secondary N) is 1. The first kappa shape index (κ1) is 22.1. The van der Waals surface area contributed by atoms with Gasteiger partial charge in [-0.1, -0.05) is 12.1 Å². The van der Waals surface area contributed by atoms with Gasteiger partial charge in [0.05, 0.1) is 38.3 Å². The molecule has 0 radical (unpaired) electrons. The number of esters is 1. The molecule has 0 spiro atoms. The lowest BCUT2D eigenvalue weighted by Crippen LogP contribution is -2.13. The topological polar surface area (TPSA) is 96.0 Å². The number of rotatable bonds is 8. The van der Waals surface area contributed by atoms with Gasteiger partial charge in [-0.15, -0.1) is 11.3 Å². The maximum Gasteiger partial charge on any atom is 0.340 e. The number of anilines is 1. The standard InChI is InChI=1S/C22H22N2O6S/c1-13(25)23-18-10-20(29-4)19(28-3)9-17(18)22(26)30-11-15-12-31-21(24-15)14-6-5-7-16(8-14)27-2/h5-10,12H,11H2,1-4H3,(H,23,25). The van der Waals surface area contributed by atoms with E-state index in [-0.39, 0.29) is 23.8 Å². The highest BCUT2D eigenvalue weighted by Crippen LogP contribution is 2.34. The molecule has 3 aromatic rings. The van der Waals surface area contributed by atoms with E-state index in [9.17, 15) is 9.59 Å². The molecule has 2 aromatic carbocycles. The van der Waals surface area contributed by atoms with Crippen molar-refractivity contribution in [3.05, 3.63) is 53.0 Å². The summed E-state index contributed by atoms with van der Waals surface area (Å²) in [6.45, 7) is 1.33. The average Bonchev–Trinajstić information content (AvgIpc) is 3.26. The van der Waals surface area contributed by atoms with Gasteiger partial charge in [-0.25, -0.2) is 9.78 Å². The third-order valence-electron chi connectivity index (χ3n) is 4.27. The largest absolute Gasteiger partial charge is 0.497 e. The summed E-state index contributed by atoms with van der Waals surface area (Å²) in [7, 11) is 4.53. The molecule has 3 rings (SSSR count). The highest BCUT2D eigenvalue weighted by atomic mass is 32.1. The van der Waals surface area contributed by atoms with Crippen LogP contribution in [0.1, 0.15) is 23.0 Å². The fraction of sp³-hybridized carbons (Fsp3) is 0.227. The van der Waals surface area contributed by atoms with E-state index in [1.165, 1.54) is 44.6 Å². The Morgan fingerprint density at radius 1 is 1.03 bits per heavy atom. The van der Waals surface area contributed by atoms with Crippen molar-refractivity contribution < 1.29 is 28.5 Å². The van der Waals surface area contributed by atoms with Crippen LogP contribution in [0.4, 0.5) is 5.69 Å². The van der Waals surface area contributed by atoms with Gasteiger partial charge in [0.15, 0.2) is 11.5 Å². The molecule has 8 nitrogen and oxygen atoms in total. The fourth-order valence-corrected chi connectivity index (χ4v) is 3.62. The molecule has 9 heteroatoms. The van der Waals surface area contributed by atoms with Gasteiger partial charge in [0, 0.05) is 30.0 Å². The average molecular weight is 442 g/mol. The number of ether oxygens (including phenoxy) is 4. The summed E-state index contributed by atoms with van der Waals surface area (Å²) < 4.78 is 21.2. The first-order chi connectivity index (χ1) is 14.9. The van der Waals surface area contributed by atoms with Gasteiger partial charge in [-0.2, -0.15) is 0 Å². The smallest absolute Gasteiger partial charge is 0.340 e. The van der Waals surface area contributed by atoms with E-state index in [2.05, 4.69) is 10.3 Å². The van der Waals surface area contributed by atoms with Gasteiger partial charge >= 0.3 is 5.97 Å². The van der Waals surface area contributed by atoms with Crippen LogP contribution in [-0.4, -0.2) is 38.2 Å². The van der Waals surface area contributed by atoms with E-state index in [1.54, 1.807) is 7.11 Å². The second kappa shape index (κ2) is 9.94. The number of carbonyl (C=O) groups excluding carboxylic acids is 2. The Morgan fingerprint density at radius 3 is 2.45 bits per heavy atom. The van der Waals surface area contributed by atoms with Crippen LogP contribution in [0.2, 0.25) is 0 Å². The molecule has 0 saturated carbocycles. The molecule has 1 N–H and O–H groups in total. The molecule has 1 amide bonds. The molecular weight excluding hydrogens is 420 g/mol. The lowest BCUT2D eigenvalue weighted by atomic mass is 10.1. The molecule has 0 atom stereocenters. The molecule has 0 bridgehead atoms. The lowest BCUT2D eigenvalue weighted by Gasteiger charge is -2.14. The Kier molecular flexibility index (Phi) is 7.09. The maximum absolute atomic E-state index is 12.7. The van der Waals surface area contributed by atoms with Gasteiger partial charge in [0.1, 0.15) is 17.4 Å². The molecule has 1 heterocycles. The molecule has 0 aliphatic carbocycles. The molecule has 162 valence electrons. The van der Waals surface area contributed by atoms with E-state index in [1.807, 2.05) is 29.6 Å².